The molecular weight excluding hydrogens is 392 g/mol. The minimum Gasteiger partial charge on any atom is -0.461 e. The summed E-state index contributed by atoms with van der Waals surface area (Å²) < 4.78 is 6.55. The zero-order chi connectivity index (χ0) is 21.0. The number of hydrogen-bond donors (Lipinski definition) is 2. The first-order valence-corrected chi connectivity index (χ1v) is 9.75. The Labute approximate surface area is 172 Å². The van der Waals surface area contributed by atoms with Crippen LogP contribution in [0.15, 0.2) is 52.2 Å². The number of amides is 2. The second-order valence-electron chi connectivity index (χ2n) is 6.52. The minimum atomic E-state index is -0.511. The van der Waals surface area contributed by atoms with Crippen molar-refractivity contribution in [1.82, 2.24) is 19.8 Å². The number of nitrogens with two attached hydrogens (primary N) is 1. The van der Waals surface area contributed by atoms with Crippen molar-refractivity contribution in [1.29, 1.82) is 0 Å². The Kier molecular flexibility index (Phi) is 6.23. The van der Waals surface area contributed by atoms with Gasteiger partial charge in [-0.1, -0.05) is 29.5 Å². The summed E-state index contributed by atoms with van der Waals surface area (Å²) in [6, 6.07) is 10.9. The number of nitrogens with one attached hydrogen (secondary N) is 1. The third-order valence-electron chi connectivity index (χ3n) is 4.13. The predicted molar refractivity (Wildman–Crippen MR) is 111 cm³/mol. The molecule has 3 aromatic rings. The van der Waals surface area contributed by atoms with Gasteiger partial charge in [-0.3, -0.25) is 9.59 Å². The van der Waals surface area contributed by atoms with Crippen molar-refractivity contribution >= 4 is 29.3 Å². The first-order valence-electron chi connectivity index (χ1n) is 8.87. The molecule has 2 heterocycles. The Balaban J connectivity index is 1.56. The Bertz CT molecular complexity index is 984. The van der Waals surface area contributed by atoms with E-state index in [4.69, 9.17) is 10.3 Å². The fourth-order valence-corrected chi connectivity index (χ4v) is 3.47. The molecule has 0 saturated carbocycles. The zero-order valence-corrected chi connectivity index (χ0v) is 17.1. The van der Waals surface area contributed by atoms with E-state index in [1.807, 2.05) is 31.2 Å². The lowest BCUT2D eigenvalue weighted by molar-refractivity contribution is -0.132. The summed E-state index contributed by atoms with van der Waals surface area (Å²) in [4.78, 5) is 26.2. The van der Waals surface area contributed by atoms with E-state index in [0.717, 1.165) is 17.3 Å². The lowest BCUT2D eigenvalue weighted by Crippen LogP contribution is -2.39. The van der Waals surface area contributed by atoms with E-state index in [1.54, 1.807) is 26.1 Å². The molecule has 2 aromatic heterocycles. The van der Waals surface area contributed by atoms with E-state index in [-0.39, 0.29) is 18.4 Å². The number of rotatable bonds is 7. The maximum Gasteiger partial charge on any atom is 0.243 e. The topological polar surface area (TPSA) is 119 Å². The smallest absolute Gasteiger partial charge is 0.243 e. The summed E-state index contributed by atoms with van der Waals surface area (Å²) in [7, 11) is 1.58. The lowest BCUT2D eigenvalue weighted by atomic mass is 10.2. The number of benzene rings is 1. The average Bonchev–Trinajstić information content (AvgIpc) is 3.33. The van der Waals surface area contributed by atoms with Gasteiger partial charge in [0.2, 0.25) is 22.8 Å². The summed E-state index contributed by atoms with van der Waals surface area (Å²) >= 11 is 1.16. The molecule has 29 heavy (non-hydrogen) atoms. The molecule has 1 atom stereocenters. The maximum atomic E-state index is 12.6. The first-order chi connectivity index (χ1) is 13.8. The molecule has 0 unspecified atom stereocenters. The van der Waals surface area contributed by atoms with E-state index in [1.165, 1.54) is 15.8 Å². The molecule has 9 nitrogen and oxygen atoms in total. The van der Waals surface area contributed by atoms with Crippen molar-refractivity contribution in [2.24, 2.45) is 0 Å². The predicted octanol–water partition coefficient (Wildman–Crippen LogP) is 2.14. The average molecular weight is 414 g/mol. The molecule has 0 spiro atoms. The Morgan fingerprint density at radius 2 is 2.00 bits per heavy atom. The van der Waals surface area contributed by atoms with Crippen LogP contribution in [0.5, 0.6) is 0 Å². The Hall–Kier alpha value is -3.27. The number of nitrogens with zero attached hydrogens (tertiary/aromatic N) is 4. The molecular formula is C19H22N6O3S. The number of nitrogen functional groups attached to an aromatic ring is 1. The quantitative estimate of drug-likeness (QED) is 0.449. The number of likely N-dealkylation sites (N-methyl/N-ethyl adjacent to an activating group) is 1. The van der Waals surface area contributed by atoms with Gasteiger partial charge in [-0.25, -0.2) is 4.68 Å². The highest BCUT2D eigenvalue weighted by Gasteiger charge is 2.24. The summed E-state index contributed by atoms with van der Waals surface area (Å²) in [5.41, 5.74) is 1.79. The molecule has 152 valence electrons. The number of aromatic nitrogens is 3. The number of anilines is 1. The molecule has 10 heteroatoms. The monoisotopic (exact) mass is 414 g/mol. The van der Waals surface area contributed by atoms with Crippen molar-refractivity contribution in [3.05, 3.63) is 48.2 Å². The third-order valence-corrected chi connectivity index (χ3v) is 5.17. The normalized spacial score (nSPS) is 11.8. The summed E-state index contributed by atoms with van der Waals surface area (Å²) in [5, 5.41) is 10.7. The van der Waals surface area contributed by atoms with Crippen molar-refractivity contribution in [3.63, 3.8) is 0 Å². The van der Waals surface area contributed by atoms with Gasteiger partial charge < -0.3 is 20.5 Å². The van der Waals surface area contributed by atoms with E-state index < -0.39 is 5.25 Å². The van der Waals surface area contributed by atoms with Crippen LogP contribution < -0.4 is 11.2 Å². The van der Waals surface area contributed by atoms with Crippen LogP contribution in [-0.4, -0.2) is 50.4 Å². The van der Waals surface area contributed by atoms with Gasteiger partial charge in [0.25, 0.3) is 0 Å². The van der Waals surface area contributed by atoms with Crippen LogP contribution in [0, 0.1) is 6.92 Å². The number of carbonyl (C=O) groups is 2. The zero-order valence-electron chi connectivity index (χ0n) is 16.3. The Morgan fingerprint density at radius 1 is 1.28 bits per heavy atom. The second kappa shape index (κ2) is 8.82. The number of furan rings is 1. The van der Waals surface area contributed by atoms with Gasteiger partial charge in [0.05, 0.1) is 18.1 Å². The van der Waals surface area contributed by atoms with Crippen LogP contribution in [0.2, 0.25) is 0 Å². The number of hydrogen-bond acceptors (Lipinski definition) is 7. The number of carbonyl (C=O) groups excluding carboxylic acids is 2. The highest BCUT2D eigenvalue weighted by Crippen LogP contribution is 2.25. The van der Waals surface area contributed by atoms with E-state index >= 15 is 0 Å². The lowest BCUT2D eigenvalue weighted by Gasteiger charge is -2.20. The minimum absolute atomic E-state index is 0.0649. The molecule has 0 bridgehead atoms. The molecule has 0 aliphatic rings. The molecule has 0 radical (unpaired) electrons. The SMILES string of the molecule is Cc1ccc(NC(=O)CN(C)C(=O)[C@@H](C)Sc2nnc(-c3ccco3)n2N)cc1. The highest BCUT2D eigenvalue weighted by molar-refractivity contribution is 8.00. The van der Waals surface area contributed by atoms with Crippen molar-refractivity contribution in [2.75, 3.05) is 24.8 Å². The van der Waals surface area contributed by atoms with Gasteiger partial charge in [-0.05, 0) is 38.1 Å². The van der Waals surface area contributed by atoms with Crippen molar-refractivity contribution < 1.29 is 14.0 Å². The second-order valence-corrected chi connectivity index (χ2v) is 7.83. The summed E-state index contributed by atoms with van der Waals surface area (Å²) in [6.45, 7) is 3.63. The van der Waals surface area contributed by atoms with Gasteiger partial charge in [0, 0.05) is 12.7 Å². The molecule has 3 N–H and O–H groups in total. The first kappa shape index (κ1) is 20.5. The highest BCUT2D eigenvalue weighted by atomic mass is 32.2. The molecule has 0 fully saturated rings. The molecule has 1 aromatic carbocycles. The van der Waals surface area contributed by atoms with Gasteiger partial charge in [0.1, 0.15) is 0 Å². The number of thioether (sulfide) groups is 1. The van der Waals surface area contributed by atoms with Crippen molar-refractivity contribution in [3.8, 4) is 11.6 Å². The molecule has 0 aliphatic heterocycles. The van der Waals surface area contributed by atoms with Crippen LogP contribution >= 0.6 is 11.8 Å². The van der Waals surface area contributed by atoms with E-state index in [0.29, 0.717) is 22.4 Å². The molecule has 0 saturated heterocycles. The van der Waals surface area contributed by atoms with Crippen LogP contribution in [0.1, 0.15) is 12.5 Å². The fraction of sp³-hybridized carbons (Fsp3) is 0.263. The van der Waals surface area contributed by atoms with Gasteiger partial charge in [-0.15, -0.1) is 10.2 Å². The van der Waals surface area contributed by atoms with Crippen LogP contribution in [0.3, 0.4) is 0 Å². The van der Waals surface area contributed by atoms with Gasteiger partial charge in [-0.2, -0.15) is 0 Å². The summed E-state index contributed by atoms with van der Waals surface area (Å²) in [5.74, 6) is 6.36. The fourth-order valence-electron chi connectivity index (χ4n) is 2.58. The molecule has 2 amide bonds. The molecule has 0 aliphatic carbocycles. The summed E-state index contributed by atoms with van der Waals surface area (Å²) in [6.07, 6.45) is 1.51. The maximum absolute atomic E-state index is 12.6. The van der Waals surface area contributed by atoms with Crippen LogP contribution in [0.4, 0.5) is 5.69 Å². The number of aryl methyl sites for hydroxylation is 1. The molecule has 3 rings (SSSR count). The Morgan fingerprint density at radius 3 is 2.66 bits per heavy atom. The van der Waals surface area contributed by atoms with E-state index in [2.05, 4.69) is 15.5 Å². The standard InChI is InChI=1S/C19H22N6O3S/c1-12-6-8-14(9-7-12)21-16(26)11-24(3)18(27)13(2)29-19-23-22-17(25(19)20)15-5-4-10-28-15/h4-10,13H,11,20H2,1-3H3,(H,21,26)/t13-/m1/s1. The van der Waals surface area contributed by atoms with Crippen molar-refractivity contribution in [2.45, 2.75) is 24.3 Å². The van der Waals surface area contributed by atoms with Gasteiger partial charge in [0.15, 0.2) is 5.76 Å². The largest absolute Gasteiger partial charge is 0.461 e. The van der Waals surface area contributed by atoms with Crippen LogP contribution in [0.25, 0.3) is 11.6 Å². The third kappa shape index (κ3) is 4.96. The van der Waals surface area contributed by atoms with Gasteiger partial charge >= 0.3 is 0 Å². The van der Waals surface area contributed by atoms with Crippen LogP contribution in [-0.2, 0) is 9.59 Å². The van der Waals surface area contributed by atoms with E-state index in [9.17, 15) is 9.59 Å².